The number of hydrogen-bond acceptors (Lipinski definition) is 3. The molecule has 5 heteroatoms. The van der Waals surface area contributed by atoms with Gasteiger partial charge in [0, 0.05) is 24.4 Å². The predicted molar refractivity (Wildman–Crippen MR) is 87.4 cm³/mol. The van der Waals surface area contributed by atoms with Gasteiger partial charge in [0.05, 0.1) is 6.54 Å². The highest BCUT2D eigenvalue weighted by molar-refractivity contribution is 7.09. The van der Waals surface area contributed by atoms with E-state index in [0.717, 1.165) is 18.0 Å². The van der Waals surface area contributed by atoms with Crippen molar-refractivity contribution in [1.82, 2.24) is 9.80 Å². The molecule has 3 unspecified atom stereocenters. The number of carbonyl (C=O) groups excluding carboxylic acids is 2. The van der Waals surface area contributed by atoms with Crippen molar-refractivity contribution in [2.24, 2.45) is 11.8 Å². The molecule has 0 spiro atoms. The van der Waals surface area contributed by atoms with Crippen LogP contribution in [0.2, 0.25) is 0 Å². The van der Waals surface area contributed by atoms with Crippen LogP contribution in [0.15, 0.2) is 17.5 Å². The molecule has 22 heavy (non-hydrogen) atoms. The van der Waals surface area contributed by atoms with Crippen molar-refractivity contribution < 1.29 is 9.59 Å². The maximum atomic E-state index is 12.9. The van der Waals surface area contributed by atoms with E-state index in [1.54, 1.807) is 16.2 Å². The van der Waals surface area contributed by atoms with Crippen LogP contribution in [0.5, 0.6) is 0 Å². The van der Waals surface area contributed by atoms with Gasteiger partial charge in [-0.1, -0.05) is 19.9 Å². The molecule has 2 aliphatic rings. The summed E-state index contributed by atoms with van der Waals surface area (Å²) >= 11 is 1.64. The first-order valence-corrected chi connectivity index (χ1v) is 9.03. The lowest BCUT2D eigenvalue weighted by Crippen LogP contribution is -2.50. The molecule has 1 aromatic rings. The van der Waals surface area contributed by atoms with Crippen LogP contribution in [-0.2, 0) is 16.1 Å². The Balaban J connectivity index is 1.71. The zero-order valence-corrected chi connectivity index (χ0v) is 14.1. The first kappa shape index (κ1) is 15.5. The molecular formula is C17H24N2O2S. The summed E-state index contributed by atoms with van der Waals surface area (Å²) in [6.07, 6.45) is 2.36. The summed E-state index contributed by atoms with van der Waals surface area (Å²) in [7, 11) is 0. The number of hydrogen-bond donors (Lipinski definition) is 0. The van der Waals surface area contributed by atoms with Gasteiger partial charge in [0.25, 0.3) is 0 Å². The van der Waals surface area contributed by atoms with E-state index in [0.29, 0.717) is 31.2 Å². The fourth-order valence-corrected chi connectivity index (χ4v) is 4.52. The van der Waals surface area contributed by atoms with E-state index in [4.69, 9.17) is 0 Å². The Kier molecular flexibility index (Phi) is 4.52. The van der Waals surface area contributed by atoms with Crippen molar-refractivity contribution in [3.63, 3.8) is 0 Å². The largest absolute Gasteiger partial charge is 0.340 e. The van der Waals surface area contributed by atoms with Gasteiger partial charge in [0.1, 0.15) is 6.04 Å². The van der Waals surface area contributed by atoms with Gasteiger partial charge < -0.3 is 9.80 Å². The highest BCUT2D eigenvalue weighted by Crippen LogP contribution is 2.27. The average Bonchev–Trinajstić information content (AvgIpc) is 3.09. The van der Waals surface area contributed by atoms with Crippen LogP contribution < -0.4 is 0 Å². The molecule has 2 amide bonds. The third-order valence-electron chi connectivity index (χ3n) is 4.70. The maximum absolute atomic E-state index is 12.9. The SMILES string of the molecule is CC1CC(C)CN(C(=O)C2CCC(=O)N2Cc2cccs2)C1. The van der Waals surface area contributed by atoms with Gasteiger partial charge in [-0.15, -0.1) is 11.3 Å². The van der Waals surface area contributed by atoms with E-state index in [1.807, 2.05) is 22.4 Å². The first-order chi connectivity index (χ1) is 10.5. The van der Waals surface area contributed by atoms with Crippen LogP contribution in [0.25, 0.3) is 0 Å². The minimum Gasteiger partial charge on any atom is -0.340 e. The van der Waals surface area contributed by atoms with Crippen LogP contribution >= 0.6 is 11.3 Å². The van der Waals surface area contributed by atoms with Gasteiger partial charge in [-0.25, -0.2) is 0 Å². The maximum Gasteiger partial charge on any atom is 0.245 e. The zero-order chi connectivity index (χ0) is 15.7. The molecule has 0 N–H and O–H groups in total. The van der Waals surface area contributed by atoms with E-state index in [9.17, 15) is 9.59 Å². The van der Waals surface area contributed by atoms with Crippen molar-refractivity contribution in [1.29, 1.82) is 0 Å². The molecule has 3 heterocycles. The third-order valence-corrected chi connectivity index (χ3v) is 5.56. The highest BCUT2D eigenvalue weighted by atomic mass is 32.1. The van der Waals surface area contributed by atoms with Crippen LogP contribution in [0, 0.1) is 11.8 Å². The van der Waals surface area contributed by atoms with E-state index >= 15 is 0 Å². The number of thiophene rings is 1. The monoisotopic (exact) mass is 320 g/mol. The van der Waals surface area contributed by atoms with Crippen molar-refractivity contribution in [3.8, 4) is 0 Å². The normalized spacial score (nSPS) is 29.2. The number of nitrogens with zero attached hydrogens (tertiary/aromatic N) is 2. The van der Waals surface area contributed by atoms with Gasteiger partial charge in [-0.2, -0.15) is 0 Å². The van der Waals surface area contributed by atoms with Crippen molar-refractivity contribution >= 4 is 23.2 Å². The molecule has 0 aromatic carbocycles. The van der Waals surface area contributed by atoms with Crippen molar-refractivity contribution in [2.45, 2.75) is 45.7 Å². The van der Waals surface area contributed by atoms with Gasteiger partial charge in [0.15, 0.2) is 0 Å². The molecule has 1 aromatic heterocycles. The molecule has 2 aliphatic heterocycles. The van der Waals surface area contributed by atoms with Gasteiger partial charge in [-0.3, -0.25) is 9.59 Å². The van der Waals surface area contributed by atoms with E-state index in [2.05, 4.69) is 13.8 Å². The number of carbonyl (C=O) groups is 2. The lowest BCUT2D eigenvalue weighted by atomic mass is 9.91. The molecule has 2 fully saturated rings. The topological polar surface area (TPSA) is 40.6 Å². The Morgan fingerprint density at radius 3 is 2.68 bits per heavy atom. The standard InChI is InChI=1S/C17H24N2O2S/c1-12-8-13(2)10-18(9-12)17(21)15-5-6-16(20)19(15)11-14-4-3-7-22-14/h3-4,7,12-13,15H,5-6,8-11H2,1-2H3. The van der Waals surface area contributed by atoms with Crippen LogP contribution in [0.4, 0.5) is 0 Å². The van der Waals surface area contributed by atoms with Gasteiger partial charge >= 0.3 is 0 Å². The number of likely N-dealkylation sites (tertiary alicyclic amines) is 2. The Hall–Kier alpha value is -1.36. The van der Waals surface area contributed by atoms with Gasteiger partial charge in [-0.05, 0) is 36.1 Å². The number of piperidine rings is 1. The third kappa shape index (κ3) is 3.19. The first-order valence-electron chi connectivity index (χ1n) is 8.15. The highest BCUT2D eigenvalue weighted by Gasteiger charge is 2.39. The predicted octanol–water partition coefficient (Wildman–Crippen LogP) is 2.74. The minimum atomic E-state index is -0.257. The summed E-state index contributed by atoms with van der Waals surface area (Å²) in [5.74, 6) is 1.37. The molecule has 0 bridgehead atoms. The fourth-order valence-electron chi connectivity index (χ4n) is 3.81. The zero-order valence-electron chi connectivity index (χ0n) is 13.3. The Morgan fingerprint density at radius 1 is 1.32 bits per heavy atom. The Labute approximate surface area is 136 Å². The molecule has 0 saturated carbocycles. The van der Waals surface area contributed by atoms with E-state index < -0.39 is 0 Å². The molecular weight excluding hydrogens is 296 g/mol. The second-order valence-electron chi connectivity index (χ2n) is 6.84. The minimum absolute atomic E-state index is 0.116. The summed E-state index contributed by atoms with van der Waals surface area (Å²) in [5, 5.41) is 2.01. The summed E-state index contributed by atoms with van der Waals surface area (Å²) in [6, 6.07) is 3.76. The Morgan fingerprint density at radius 2 is 2.05 bits per heavy atom. The van der Waals surface area contributed by atoms with E-state index in [1.165, 1.54) is 6.42 Å². The summed E-state index contributed by atoms with van der Waals surface area (Å²) in [4.78, 5) is 30.0. The van der Waals surface area contributed by atoms with Crippen LogP contribution in [0.3, 0.4) is 0 Å². The van der Waals surface area contributed by atoms with Gasteiger partial charge in [0.2, 0.25) is 11.8 Å². The fraction of sp³-hybridized carbons (Fsp3) is 0.647. The quantitative estimate of drug-likeness (QED) is 0.859. The number of amides is 2. The van der Waals surface area contributed by atoms with Crippen molar-refractivity contribution in [3.05, 3.63) is 22.4 Å². The molecule has 3 rings (SSSR count). The molecule has 2 saturated heterocycles. The number of rotatable bonds is 3. The smallest absolute Gasteiger partial charge is 0.245 e. The lowest BCUT2D eigenvalue weighted by Gasteiger charge is -2.37. The summed E-state index contributed by atoms with van der Waals surface area (Å²) in [5.41, 5.74) is 0. The lowest BCUT2D eigenvalue weighted by molar-refractivity contribution is -0.143. The molecule has 3 atom stereocenters. The van der Waals surface area contributed by atoms with E-state index in [-0.39, 0.29) is 17.9 Å². The molecule has 120 valence electrons. The second-order valence-corrected chi connectivity index (χ2v) is 7.88. The summed E-state index contributed by atoms with van der Waals surface area (Å²) in [6.45, 7) is 6.66. The van der Waals surface area contributed by atoms with Crippen molar-refractivity contribution in [2.75, 3.05) is 13.1 Å². The molecule has 0 radical (unpaired) electrons. The molecule has 4 nitrogen and oxygen atoms in total. The summed E-state index contributed by atoms with van der Waals surface area (Å²) < 4.78 is 0. The van der Waals surface area contributed by atoms with Crippen LogP contribution in [-0.4, -0.2) is 40.7 Å². The van der Waals surface area contributed by atoms with Crippen LogP contribution in [0.1, 0.15) is 38.0 Å². The Bertz CT molecular complexity index is 533. The average molecular weight is 320 g/mol. The molecule has 0 aliphatic carbocycles. The second kappa shape index (κ2) is 6.41.